The predicted molar refractivity (Wildman–Crippen MR) is 66.0 cm³/mol. The van der Waals surface area contributed by atoms with Crippen LogP contribution in [0.3, 0.4) is 0 Å². The fourth-order valence-electron chi connectivity index (χ4n) is 2.49. The number of hydrogen-bond donors (Lipinski definition) is 0. The number of rotatable bonds is 3. The molecule has 1 fully saturated rings. The largest absolute Gasteiger partial charge is 0.0669 e. The maximum Gasteiger partial charge on any atom is 0.0550 e. The summed E-state index contributed by atoms with van der Waals surface area (Å²) >= 11 is 0. The van der Waals surface area contributed by atoms with Crippen LogP contribution < -0.4 is 5.19 Å². The lowest BCUT2D eigenvalue weighted by Gasteiger charge is -2.21. The van der Waals surface area contributed by atoms with Gasteiger partial charge in [-0.25, -0.2) is 0 Å². The Kier molecular flexibility index (Phi) is 3.81. The maximum absolute atomic E-state index is 2.31. The zero-order chi connectivity index (χ0) is 9.64. The van der Waals surface area contributed by atoms with Crippen molar-refractivity contribution in [1.29, 1.82) is 0 Å². The van der Waals surface area contributed by atoms with Crippen molar-refractivity contribution in [2.45, 2.75) is 38.1 Å². The molecular weight excluding hydrogens is 184 g/mol. The maximum atomic E-state index is 2.31. The summed E-state index contributed by atoms with van der Waals surface area (Å²) in [5.41, 5.74) is 0. The Hall–Kier alpha value is -0.563. The van der Waals surface area contributed by atoms with Crippen molar-refractivity contribution < 1.29 is 0 Å². The fraction of sp³-hybridized carbons (Fsp3) is 0.538. The monoisotopic (exact) mass is 204 g/mol. The Morgan fingerprint density at radius 1 is 1.00 bits per heavy atom. The van der Waals surface area contributed by atoms with Crippen LogP contribution in [0.4, 0.5) is 0 Å². The molecule has 0 bridgehead atoms. The minimum atomic E-state index is 0.0437. The molecule has 1 aromatic carbocycles. The molecular formula is C13H20Si. The highest BCUT2D eigenvalue weighted by Gasteiger charge is 2.12. The molecule has 1 saturated carbocycles. The first-order valence-corrected chi connectivity index (χ1v) is 7.70. The fourth-order valence-corrected chi connectivity index (χ4v) is 4.42. The average Bonchev–Trinajstić information content (AvgIpc) is 2.29. The molecule has 0 nitrogen and oxygen atoms in total. The van der Waals surface area contributed by atoms with E-state index in [1.165, 1.54) is 32.1 Å². The van der Waals surface area contributed by atoms with E-state index < -0.39 is 0 Å². The minimum Gasteiger partial charge on any atom is -0.0669 e. The number of benzene rings is 1. The lowest BCUT2D eigenvalue weighted by atomic mass is 9.91. The van der Waals surface area contributed by atoms with E-state index in [2.05, 4.69) is 30.3 Å². The molecule has 1 aromatic rings. The standard InChI is InChI=1S/C13H20Si/c1-3-7-12(8-4-1)11-14-13-9-5-2-6-10-13/h2,5-6,9-10,12H,1,3-4,7-8,11,14H2. The van der Waals surface area contributed by atoms with Crippen LogP contribution in [-0.4, -0.2) is 9.52 Å². The van der Waals surface area contributed by atoms with Gasteiger partial charge in [0.1, 0.15) is 0 Å². The second-order valence-corrected chi connectivity index (χ2v) is 6.42. The van der Waals surface area contributed by atoms with E-state index in [0.29, 0.717) is 0 Å². The molecule has 0 aliphatic heterocycles. The Labute approximate surface area is 89.6 Å². The Morgan fingerprint density at radius 2 is 1.71 bits per heavy atom. The third-order valence-electron chi connectivity index (χ3n) is 3.41. The van der Waals surface area contributed by atoms with Crippen molar-refractivity contribution in [2.75, 3.05) is 0 Å². The zero-order valence-electron chi connectivity index (χ0n) is 8.91. The van der Waals surface area contributed by atoms with Gasteiger partial charge in [-0.05, 0) is 5.92 Å². The van der Waals surface area contributed by atoms with Crippen molar-refractivity contribution >= 4 is 14.7 Å². The van der Waals surface area contributed by atoms with E-state index in [9.17, 15) is 0 Å². The molecule has 0 aromatic heterocycles. The van der Waals surface area contributed by atoms with Crippen LogP contribution in [0, 0.1) is 5.92 Å². The van der Waals surface area contributed by atoms with Crippen LogP contribution in [-0.2, 0) is 0 Å². The second-order valence-electron chi connectivity index (χ2n) is 4.53. The summed E-state index contributed by atoms with van der Waals surface area (Å²) in [6.45, 7) is 0. The Bertz CT molecular complexity index is 249. The van der Waals surface area contributed by atoms with Crippen LogP contribution in [0.25, 0.3) is 0 Å². The summed E-state index contributed by atoms with van der Waals surface area (Å²) in [6.07, 6.45) is 7.50. The summed E-state index contributed by atoms with van der Waals surface area (Å²) in [6, 6.07) is 12.7. The summed E-state index contributed by atoms with van der Waals surface area (Å²) in [7, 11) is 0.0437. The van der Waals surface area contributed by atoms with Crippen LogP contribution in [0.15, 0.2) is 30.3 Å². The summed E-state index contributed by atoms with van der Waals surface area (Å²) in [4.78, 5) is 0. The third kappa shape index (κ3) is 2.98. The molecule has 0 radical (unpaired) electrons. The average molecular weight is 204 g/mol. The highest BCUT2D eigenvalue weighted by molar-refractivity contribution is 6.53. The smallest absolute Gasteiger partial charge is 0.0550 e. The summed E-state index contributed by atoms with van der Waals surface area (Å²) < 4.78 is 0. The first kappa shape index (κ1) is 9.97. The first-order valence-electron chi connectivity index (χ1n) is 5.99. The zero-order valence-corrected chi connectivity index (χ0v) is 10.3. The first-order chi connectivity index (χ1) is 6.95. The normalized spacial score (nSPS) is 19.1. The van der Waals surface area contributed by atoms with Crippen molar-refractivity contribution in [3.63, 3.8) is 0 Å². The minimum absolute atomic E-state index is 0.0437. The van der Waals surface area contributed by atoms with E-state index in [4.69, 9.17) is 0 Å². The van der Waals surface area contributed by atoms with Gasteiger partial charge in [0.25, 0.3) is 0 Å². The molecule has 2 rings (SSSR count). The molecule has 1 heteroatoms. The lowest BCUT2D eigenvalue weighted by molar-refractivity contribution is 0.385. The Morgan fingerprint density at radius 3 is 2.43 bits per heavy atom. The van der Waals surface area contributed by atoms with Crippen LogP contribution in [0.5, 0.6) is 0 Å². The highest BCUT2D eigenvalue weighted by Crippen LogP contribution is 2.26. The van der Waals surface area contributed by atoms with E-state index >= 15 is 0 Å². The predicted octanol–water partition coefficient (Wildman–Crippen LogP) is 2.48. The second kappa shape index (κ2) is 5.35. The van der Waals surface area contributed by atoms with Gasteiger partial charge in [-0.1, -0.05) is 73.7 Å². The van der Waals surface area contributed by atoms with Gasteiger partial charge >= 0.3 is 0 Å². The molecule has 1 aliphatic carbocycles. The summed E-state index contributed by atoms with van der Waals surface area (Å²) in [5.74, 6) is 1.08. The van der Waals surface area contributed by atoms with Crippen LogP contribution >= 0.6 is 0 Å². The van der Waals surface area contributed by atoms with E-state index in [-0.39, 0.29) is 9.52 Å². The van der Waals surface area contributed by atoms with Crippen molar-refractivity contribution in [3.8, 4) is 0 Å². The van der Waals surface area contributed by atoms with Gasteiger partial charge in [0.15, 0.2) is 0 Å². The van der Waals surface area contributed by atoms with Crippen LogP contribution in [0.1, 0.15) is 32.1 Å². The van der Waals surface area contributed by atoms with Gasteiger partial charge < -0.3 is 0 Å². The van der Waals surface area contributed by atoms with Gasteiger partial charge in [-0.2, -0.15) is 0 Å². The molecule has 0 amide bonds. The molecule has 76 valence electrons. The van der Waals surface area contributed by atoms with Gasteiger partial charge in [0, 0.05) is 0 Å². The van der Waals surface area contributed by atoms with Gasteiger partial charge in [-0.15, -0.1) is 0 Å². The molecule has 0 heterocycles. The van der Waals surface area contributed by atoms with Crippen molar-refractivity contribution in [2.24, 2.45) is 5.92 Å². The van der Waals surface area contributed by atoms with Crippen molar-refractivity contribution in [3.05, 3.63) is 30.3 Å². The van der Waals surface area contributed by atoms with Crippen LogP contribution in [0.2, 0.25) is 6.04 Å². The van der Waals surface area contributed by atoms with Gasteiger partial charge in [0.2, 0.25) is 0 Å². The Balaban J connectivity index is 1.76. The molecule has 0 saturated heterocycles. The van der Waals surface area contributed by atoms with Gasteiger partial charge in [-0.3, -0.25) is 0 Å². The van der Waals surface area contributed by atoms with Crippen molar-refractivity contribution in [1.82, 2.24) is 0 Å². The highest BCUT2D eigenvalue weighted by atomic mass is 28.2. The quantitative estimate of drug-likeness (QED) is 0.664. The third-order valence-corrected chi connectivity index (χ3v) is 5.56. The van der Waals surface area contributed by atoms with Gasteiger partial charge in [0.05, 0.1) is 9.52 Å². The molecule has 0 spiro atoms. The SMILES string of the molecule is c1ccc([SiH2]CC2CCCCC2)cc1. The molecule has 14 heavy (non-hydrogen) atoms. The molecule has 0 atom stereocenters. The van der Waals surface area contributed by atoms with E-state index in [0.717, 1.165) is 5.92 Å². The van der Waals surface area contributed by atoms with E-state index in [1.807, 2.05) is 0 Å². The topological polar surface area (TPSA) is 0 Å². The number of hydrogen-bond acceptors (Lipinski definition) is 0. The molecule has 0 unspecified atom stereocenters. The summed E-state index contributed by atoms with van der Waals surface area (Å²) in [5, 5.41) is 1.65. The van der Waals surface area contributed by atoms with E-state index in [1.54, 1.807) is 11.2 Å². The molecule has 0 N–H and O–H groups in total. The lowest BCUT2D eigenvalue weighted by Crippen LogP contribution is -2.18. The molecule has 1 aliphatic rings.